The molecule has 1 nitrogen and oxygen atoms in total. The Morgan fingerprint density at radius 3 is 0.815 bits per heavy atom. The summed E-state index contributed by atoms with van der Waals surface area (Å²) in [5.74, 6) is 0. The van der Waals surface area contributed by atoms with E-state index >= 15 is 0 Å². The molecule has 0 saturated carbocycles. The van der Waals surface area contributed by atoms with E-state index in [2.05, 4.69) is 4.74 Å². The third-order valence-corrected chi connectivity index (χ3v) is 3.40. The summed E-state index contributed by atoms with van der Waals surface area (Å²) in [6.45, 7) is 0.701. The van der Waals surface area contributed by atoms with Crippen molar-refractivity contribution in [2.75, 3.05) is 0 Å². The minimum Gasteiger partial charge on any atom is -0.375 e. The Balaban J connectivity index is 5.39. The van der Waals surface area contributed by atoms with Crippen molar-refractivity contribution in [2.24, 2.45) is 0 Å². The van der Waals surface area contributed by atoms with Crippen LogP contribution in [0, 0.1) is 0 Å². The van der Waals surface area contributed by atoms with Crippen LogP contribution in [0.4, 0.5) is 61.5 Å². The van der Waals surface area contributed by atoms with E-state index in [1.54, 1.807) is 0 Å². The van der Waals surface area contributed by atoms with Gasteiger partial charge in [-0.15, -0.1) is 0 Å². The lowest BCUT2D eigenvalue weighted by Gasteiger charge is -2.35. The smallest absolute Gasteiger partial charge is 0.375 e. The summed E-state index contributed by atoms with van der Waals surface area (Å²) < 4.78 is 180. The highest BCUT2D eigenvalue weighted by Crippen LogP contribution is 2.51. The molecule has 0 heterocycles. The number of hydrogen-bond acceptors (Lipinski definition) is 1. The first-order chi connectivity index (χ1) is 11.5. The maximum Gasteiger partial charge on any atom is 0.431 e. The topological polar surface area (TPSA) is 9.23 Å². The minimum absolute atomic E-state index is 0.351. The lowest BCUT2D eigenvalue weighted by atomic mass is 9.95. The third kappa shape index (κ3) is 5.50. The van der Waals surface area contributed by atoms with Crippen molar-refractivity contribution >= 4 is 0 Å². The predicted octanol–water partition coefficient (Wildman–Crippen LogP) is 6.23. The van der Waals surface area contributed by atoms with Gasteiger partial charge in [0.05, 0.1) is 12.2 Å². The second kappa shape index (κ2) is 7.43. The van der Waals surface area contributed by atoms with E-state index in [0.717, 1.165) is 0 Å². The normalized spacial score (nSPS) is 17.8. The minimum atomic E-state index is -6.49. The van der Waals surface area contributed by atoms with Gasteiger partial charge in [0.2, 0.25) is 0 Å². The van der Waals surface area contributed by atoms with Gasteiger partial charge in [0.1, 0.15) is 0 Å². The van der Waals surface area contributed by atoms with Crippen molar-refractivity contribution in [1.29, 1.82) is 0 Å². The number of alkyl halides is 14. The number of rotatable bonds is 6. The highest BCUT2D eigenvalue weighted by Gasteiger charge is 2.74. The molecule has 0 aliphatic heterocycles. The van der Waals surface area contributed by atoms with E-state index in [-0.39, 0.29) is 0 Å². The molecule has 164 valence electrons. The van der Waals surface area contributed by atoms with Gasteiger partial charge in [-0.1, -0.05) is 0 Å². The molecule has 27 heavy (non-hydrogen) atoms. The van der Waals surface area contributed by atoms with Crippen LogP contribution in [0.25, 0.3) is 0 Å². The Hall–Kier alpha value is -1.02. The summed E-state index contributed by atoms with van der Waals surface area (Å²) >= 11 is 0. The van der Waals surface area contributed by atoms with E-state index in [4.69, 9.17) is 0 Å². The molecule has 2 atom stereocenters. The van der Waals surface area contributed by atoms with E-state index in [0.29, 0.717) is 13.8 Å². The Kier molecular flexibility index (Phi) is 7.15. The molecule has 2 unspecified atom stereocenters. The van der Waals surface area contributed by atoms with Gasteiger partial charge in [-0.2, -0.15) is 52.7 Å². The van der Waals surface area contributed by atoms with E-state index < -0.39 is 61.1 Å². The molecule has 0 radical (unpaired) electrons. The standard InChI is InChI=1S/C12H12F14O/c1-5(3-7(13,9(15,16)17)10(18,19)20)27-6(2)4-8(14,11(21,22)23)12(24,25)26/h5-6H,3-4H2,1-2H3. The van der Waals surface area contributed by atoms with Crippen molar-refractivity contribution in [1.82, 2.24) is 0 Å². The number of ether oxygens (including phenoxy) is 1. The second-order valence-corrected chi connectivity index (χ2v) is 5.76. The van der Waals surface area contributed by atoms with Crippen LogP contribution in [0.2, 0.25) is 0 Å². The molecule has 0 rings (SSSR count). The molecule has 0 aliphatic carbocycles. The fourth-order valence-corrected chi connectivity index (χ4v) is 2.07. The average molecular weight is 438 g/mol. The summed E-state index contributed by atoms with van der Waals surface area (Å²) in [6.07, 6.45) is -35.9. The summed E-state index contributed by atoms with van der Waals surface area (Å²) in [5, 5.41) is 0. The van der Waals surface area contributed by atoms with Crippen molar-refractivity contribution in [3.8, 4) is 0 Å². The Morgan fingerprint density at radius 1 is 0.481 bits per heavy atom. The Bertz CT molecular complexity index is 412. The van der Waals surface area contributed by atoms with Crippen molar-refractivity contribution in [2.45, 2.75) is 74.9 Å². The third-order valence-electron chi connectivity index (χ3n) is 3.40. The van der Waals surface area contributed by atoms with Gasteiger partial charge in [0.25, 0.3) is 0 Å². The quantitative estimate of drug-likeness (QED) is 0.447. The maximum absolute atomic E-state index is 13.5. The van der Waals surface area contributed by atoms with Crippen molar-refractivity contribution in [3.63, 3.8) is 0 Å². The number of halogens is 14. The van der Waals surface area contributed by atoms with Crippen molar-refractivity contribution < 1.29 is 66.2 Å². The molecule has 0 aliphatic rings. The monoisotopic (exact) mass is 438 g/mol. The fraction of sp³-hybridized carbons (Fsp3) is 1.00. The summed E-state index contributed by atoms with van der Waals surface area (Å²) in [6, 6.07) is 0. The molecule has 0 saturated heterocycles. The van der Waals surface area contributed by atoms with Gasteiger partial charge in [-0.05, 0) is 13.8 Å². The summed E-state index contributed by atoms with van der Waals surface area (Å²) in [4.78, 5) is 0. The largest absolute Gasteiger partial charge is 0.431 e. The maximum atomic E-state index is 13.5. The summed E-state index contributed by atoms with van der Waals surface area (Å²) in [5.41, 5.74) is -11.7. The fourth-order valence-electron chi connectivity index (χ4n) is 2.07. The molecule has 0 bridgehead atoms. The molecular weight excluding hydrogens is 426 g/mol. The van der Waals surface area contributed by atoms with Gasteiger partial charge in [0, 0.05) is 12.8 Å². The Labute approximate surface area is 142 Å². The van der Waals surface area contributed by atoms with Crippen LogP contribution in [0.3, 0.4) is 0 Å². The Morgan fingerprint density at radius 2 is 0.667 bits per heavy atom. The summed E-state index contributed by atoms with van der Waals surface area (Å²) in [7, 11) is 0. The van der Waals surface area contributed by atoms with Crippen LogP contribution in [-0.4, -0.2) is 48.3 Å². The molecular formula is C12H12F14O. The van der Waals surface area contributed by atoms with Crippen molar-refractivity contribution in [3.05, 3.63) is 0 Å². The zero-order valence-corrected chi connectivity index (χ0v) is 13.3. The van der Waals surface area contributed by atoms with E-state index in [9.17, 15) is 61.5 Å². The van der Waals surface area contributed by atoms with Crippen LogP contribution in [-0.2, 0) is 4.74 Å². The van der Waals surface area contributed by atoms with Crippen LogP contribution in [0.15, 0.2) is 0 Å². The van der Waals surface area contributed by atoms with Gasteiger partial charge in [0.15, 0.2) is 0 Å². The van der Waals surface area contributed by atoms with Gasteiger partial charge < -0.3 is 4.74 Å². The molecule has 0 amide bonds. The zero-order valence-electron chi connectivity index (χ0n) is 13.3. The van der Waals surface area contributed by atoms with Gasteiger partial charge >= 0.3 is 36.0 Å². The SMILES string of the molecule is CC(CC(F)(C(F)(F)F)C(F)(F)F)OC(C)CC(F)(C(F)(F)F)C(F)(F)F. The van der Waals surface area contributed by atoms with Gasteiger partial charge in [-0.3, -0.25) is 0 Å². The highest BCUT2D eigenvalue weighted by atomic mass is 19.4. The van der Waals surface area contributed by atoms with Crippen LogP contribution in [0.5, 0.6) is 0 Å². The first kappa shape index (κ1) is 26.0. The first-order valence-corrected chi connectivity index (χ1v) is 6.80. The molecule has 15 heteroatoms. The average Bonchev–Trinajstić information content (AvgIpc) is 2.32. The second-order valence-electron chi connectivity index (χ2n) is 5.76. The molecule has 0 aromatic carbocycles. The molecule has 0 fully saturated rings. The number of hydrogen-bond donors (Lipinski definition) is 0. The van der Waals surface area contributed by atoms with Crippen LogP contribution < -0.4 is 0 Å². The van der Waals surface area contributed by atoms with Crippen LogP contribution in [0.1, 0.15) is 26.7 Å². The molecule has 0 aromatic rings. The molecule has 0 N–H and O–H groups in total. The predicted molar refractivity (Wildman–Crippen MR) is 61.1 cm³/mol. The zero-order chi connectivity index (χ0) is 22.3. The lowest BCUT2D eigenvalue weighted by Crippen LogP contribution is -2.56. The van der Waals surface area contributed by atoms with Crippen LogP contribution >= 0.6 is 0 Å². The molecule has 0 spiro atoms. The first-order valence-electron chi connectivity index (χ1n) is 6.80. The highest BCUT2D eigenvalue weighted by molar-refractivity contribution is 4.98. The lowest BCUT2D eigenvalue weighted by molar-refractivity contribution is -0.353. The van der Waals surface area contributed by atoms with Gasteiger partial charge in [-0.25, -0.2) is 8.78 Å². The molecule has 0 aromatic heterocycles. The van der Waals surface area contributed by atoms with E-state index in [1.807, 2.05) is 0 Å². The van der Waals surface area contributed by atoms with E-state index in [1.165, 1.54) is 0 Å².